The highest BCUT2D eigenvalue weighted by Gasteiger charge is 2.39. The van der Waals surface area contributed by atoms with Gasteiger partial charge in [0.15, 0.2) is 0 Å². The maximum Gasteiger partial charge on any atom is 0.407 e. The Labute approximate surface area is 199 Å². The molecule has 2 aromatic rings. The Hall–Kier alpha value is -3.35. The van der Waals surface area contributed by atoms with Crippen molar-refractivity contribution in [3.05, 3.63) is 59.7 Å². The molecule has 1 unspecified atom stereocenters. The Bertz CT molecular complexity index is 1050. The largest absolute Gasteiger partial charge is 0.480 e. The summed E-state index contributed by atoms with van der Waals surface area (Å²) in [5, 5.41) is 12.2. The van der Waals surface area contributed by atoms with Gasteiger partial charge in [-0.05, 0) is 47.4 Å². The molecule has 1 heterocycles. The van der Waals surface area contributed by atoms with Crippen LogP contribution in [0.4, 0.5) is 4.79 Å². The monoisotopic (exact) mass is 462 g/mol. The lowest BCUT2D eigenvalue weighted by Crippen LogP contribution is -2.56. The summed E-state index contributed by atoms with van der Waals surface area (Å²) in [5.74, 6) is -1.08. The molecule has 1 saturated carbocycles. The highest BCUT2D eigenvalue weighted by Crippen LogP contribution is 2.44. The molecule has 3 atom stereocenters. The van der Waals surface area contributed by atoms with Gasteiger partial charge in [-0.3, -0.25) is 4.79 Å². The van der Waals surface area contributed by atoms with Crippen molar-refractivity contribution < 1.29 is 24.2 Å². The molecule has 1 aliphatic heterocycles. The van der Waals surface area contributed by atoms with E-state index >= 15 is 0 Å². The van der Waals surface area contributed by atoms with E-state index in [1.807, 2.05) is 24.3 Å². The summed E-state index contributed by atoms with van der Waals surface area (Å²) in [6, 6.07) is 15.6. The fraction of sp³-hybridized carbons (Fsp3) is 0.444. The van der Waals surface area contributed by atoms with Gasteiger partial charge in [0.05, 0.1) is 0 Å². The Morgan fingerprint density at radius 3 is 2.21 bits per heavy atom. The van der Waals surface area contributed by atoms with Gasteiger partial charge in [-0.1, -0.05) is 61.4 Å². The first-order valence-electron chi connectivity index (χ1n) is 12.2. The van der Waals surface area contributed by atoms with Crippen molar-refractivity contribution in [2.75, 3.05) is 13.2 Å². The predicted molar refractivity (Wildman–Crippen MR) is 126 cm³/mol. The fourth-order valence-electron chi connectivity index (χ4n) is 5.72. The summed E-state index contributed by atoms with van der Waals surface area (Å²) in [4.78, 5) is 38.2. The standard InChI is InChI=1S/C27H30N2O5/c30-25(29-14-13-24(29)26(31)32)15-17-7-1-6-12-23(17)28-27(33)34-16-22-20-10-4-2-8-18(20)19-9-3-5-11-21(19)22/h2-5,8-11,17,22-24H,1,6-7,12-16H2,(H,28,33)(H,31,32)/t17-,23-,24?/m1/s1. The SMILES string of the molecule is O=C(N[C@@H]1CCCC[C@@H]1CC(=O)N1CCC1C(=O)O)OCC1c2ccccc2-c2ccccc21. The number of nitrogens with one attached hydrogen (secondary N) is 1. The van der Waals surface area contributed by atoms with Crippen molar-refractivity contribution in [2.45, 2.75) is 56.5 Å². The van der Waals surface area contributed by atoms with Crippen LogP contribution in [-0.4, -0.2) is 53.2 Å². The molecule has 0 aromatic heterocycles. The third-order valence-electron chi connectivity index (χ3n) is 7.62. The first-order valence-corrected chi connectivity index (χ1v) is 12.2. The van der Waals surface area contributed by atoms with E-state index in [1.165, 1.54) is 27.2 Å². The number of hydrogen-bond donors (Lipinski definition) is 2. The van der Waals surface area contributed by atoms with E-state index in [0.29, 0.717) is 13.0 Å². The number of fused-ring (bicyclic) bond motifs is 3. The van der Waals surface area contributed by atoms with Gasteiger partial charge >= 0.3 is 12.1 Å². The van der Waals surface area contributed by atoms with Crippen LogP contribution < -0.4 is 5.32 Å². The fourth-order valence-corrected chi connectivity index (χ4v) is 5.72. The third kappa shape index (κ3) is 4.27. The van der Waals surface area contributed by atoms with E-state index in [9.17, 15) is 19.5 Å². The Morgan fingerprint density at radius 1 is 0.941 bits per heavy atom. The minimum absolute atomic E-state index is 0.00116. The van der Waals surface area contributed by atoms with Gasteiger partial charge in [0.2, 0.25) is 5.91 Å². The summed E-state index contributed by atoms with van der Waals surface area (Å²) >= 11 is 0. The molecule has 34 heavy (non-hydrogen) atoms. The smallest absolute Gasteiger partial charge is 0.407 e. The zero-order chi connectivity index (χ0) is 23.7. The summed E-state index contributed by atoms with van der Waals surface area (Å²) in [6.45, 7) is 0.747. The van der Waals surface area contributed by atoms with E-state index in [2.05, 4.69) is 29.6 Å². The molecule has 0 radical (unpaired) electrons. The summed E-state index contributed by atoms with van der Waals surface area (Å²) in [5.41, 5.74) is 4.70. The Balaban J connectivity index is 1.19. The lowest BCUT2D eigenvalue weighted by atomic mass is 9.81. The molecule has 2 fully saturated rings. The van der Waals surface area contributed by atoms with Gasteiger partial charge in [-0.2, -0.15) is 0 Å². The first kappa shape index (κ1) is 22.4. The number of alkyl carbamates (subject to hydrolysis) is 1. The molecule has 7 nitrogen and oxygen atoms in total. The van der Waals surface area contributed by atoms with Crippen LogP contribution in [0, 0.1) is 5.92 Å². The van der Waals surface area contributed by atoms with Gasteiger partial charge in [0, 0.05) is 24.9 Å². The van der Waals surface area contributed by atoms with Crippen molar-refractivity contribution in [3.8, 4) is 11.1 Å². The number of carboxylic acid groups (broad SMARTS) is 1. The molecular weight excluding hydrogens is 432 g/mol. The average molecular weight is 463 g/mol. The molecule has 1 saturated heterocycles. The Morgan fingerprint density at radius 2 is 1.59 bits per heavy atom. The summed E-state index contributed by atoms with van der Waals surface area (Å²) < 4.78 is 5.70. The van der Waals surface area contributed by atoms with Crippen LogP contribution in [0.5, 0.6) is 0 Å². The number of aliphatic carboxylic acids is 1. The van der Waals surface area contributed by atoms with Gasteiger partial charge in [-0.15, -0.1) is 0 Å². The van der Waals surface area contributed by atoms with E-state index in [0.717, 1.165) is 25.7 Å². The molecule has 0 bridgehead atoms. The second kappa shape index (κ2) is 9.49. The highest BCUT2D eigenvalue weighted by atomic mass is 16.5. The second-order valence-electron chi connectivity index (χ2n) is 9.55. The molecule has 5 rings (SSSR count). The van der Waals surface area contributed by atoms with Crippen molar-refractivity contribution in [2.24, 2.45) is 5.92 Å². The first-order chi connectivity index (χ1) is 16.5. The van der Waals surface area contributed by atoms with E-state index < -0.39 is 18.1 Å². The lowest BCUT2D eigenvalue weighted by molar-refractivity contribution is -0.157. The zero-order valence-corrected chi connectivity index (χ0v) is 19.1. The van der Waals surface area contributed by atoms with Crippen LogP contribution in [0.1, 0.15) is 55.6 Å². The number of hydrogen-bond acceptors (Lipinski definition) is 4. The molecular formula is C27H30N2O5. The van der Waals surface area contributed by atoms with Crippen LogP contribution in [0.15, 0.2) is 48.5 Å². The number of likely N-dealkylation sites (tertiary alicyclic amines) is 1. The minimum atomic E-state index is -0.948. The van der Waals surface area contributed by atoms with E-state index in [-0.39, 0.29) is 36.8 Å². The normalized spacial score (nSPS) is 23.4. The van der Waals surface area contributed by atoms with Gasteiger partial charge in [0.1, 0.15) is 12.6 Å². The summed E-state index contributed by atoms with van der Waals surface area (Å²) in [6.07, 6.45) is 3.93. The molecule has 7 heteroatoms. The van der Waals surface area contributed by atoms with Crippen LogP contribution in [0.2, 0.25) is 0 Å². The number of carbonyl (C=O) groups excluding carboxylic acids is 2. The van der Waals surface area contributed by atoms with E-state index in [4.69, 9.17) is 4.74 Å². The number of rotatable bonds is 6. The second-order valence-corrected chi connectivity index (χ2v) is 9.55. The van der Waals surface area contributed by atoms with Gasteiger partial charge in [0.25, 0.3) is 0 Å². The maximum absolute atomic E-state index is 12.8. The quantitative estimate of drug-likeness (QED) is 0.672. The third-order valence-corrected chi connectivity index (χ3v) is 7.62. The molecule has 0 spiro atoms. The van der Waals surface area contributed by atoms with Gasteiger partial charge in [-0.25, -0.2) is 9.59 Å². The minimum Gasteiger partial charge on any atom is -0.480 e. The highest BCUT2D eigenvalue weighted by molar-refractivity contribution is 5.85. The van der Waals surface area contributed by atoms with Crippen molar-refractivity contribution in [1.29, 1.82) is 0 Å². The molecule has 2 amide bonds. The average Bonchev–Trinajstić information content (AvgIpc) is 3.11. The molecule has 178 valence electrons. The lowest BCUT2D eigenvalue weighted by Gasteiger charge is -2.40. The molecule has 2 aromatic carbocycles. The number of ether oxygens (including phenoxy) is 1. The van der Waals surface area contributed by atoms with E-state index in [1.54, 1.807) is 0 Å². The van der Waals surface area contributed by atoms with Crippen LogP contribution in [0.25, 0.3) is 11.1 Å². The molecule has 2 N–H and O–H groups in total. The number of carboxylic acids is 1. The van der Waals surface area contributed by atoms with Crippen LogP contribution in [0.3, 0.4) is 0 Å². The number of nitrogens with zero attached hydrogens (tertiary/aromatic N) is 1. The number of amides is 2. The summed E-state index contributed by atoms with van der Waals surface area (Å²) in [7, 11) is 0. The van der Waals surface area contributed by atoms with Crippen LogP contribution >= 0.6 is 0 Å². The Kier molecular flexibility index (Phi) is 6.26. The van der Waals surface area contributed by atoms with Crippen molar-refractivity contribution in [3.63, 3.8) is 0 Å². The topological polar surface area (TPSA) is 95.9 Å². The zero-order valence-electron chi connectivity index (χ0n) is 19.1. The molecule has 2 aliphatic carbocycles. The molecule has 3 aliphatic rings. The predicted octanol–water partition coefficient (Wildman–Crippen LogP) is 4.16. The van der Waals surface area contributed by atoms with Gasteiger partial charge < -0.3 is 20.1 Å². The number of carbonyl (C=O) groups is 3. The van der Waals surface area contributed by atoms with Crippen molar-refractivity contribution in [1.82, 2.24) is 10.2 Å². The maximum atomic E-state index is 12.8. The number of benzene rings is 2. The van der Waals surface area contributed by atoms with Crippen molar-refractivity contribution >= 4 is 18.0 Å². The van der Waals surface area contributed by atoms with Crippen LogP contribution in [-0.2, 0) is 14.3 Å².